The van der Waals surface area contributed by atoms with E-state index in [4.69, 9.17) is 0 Å². The zero-order valence-electron chi connectivity index (χ0n) is 29.4. The molecule has 0 aliphatic heterocycles. The summed E-state index contributed by atoms with van der Waals surface area (Å²) in [5, 5.41) is 0. The van der Waals surface area contributed by atoms with Crippen LogP contribution < -0.4 is 0 Å². The molecule has 0 aromatic heterocycles. The molecular weight excluding hydrogens is 630 g/mol. The van der Waals surface area contributed by atoms with Crippen molar-refractivity contribution in [1.29, 1.82) is 0 Å². The summed E-state index contributed by atoms with van der Waals surface area (Å²) < 4.78 is 27.2. The minimum Gasteiger partial charge on any atom is -0.294 e. The topological polar surface area (TPSA) is 68.3 Å². The van der Waals surface area contributed by atoms with Gasteiger partial charge in [0.25, 0.3) is 0 Å². The Morgan fingerprint density at radius 2 is 0.740 bits per heavy atom. The summed E-state index contributed by atoms with van der Waals surface area (Å²) in [6.45, 7) is 6.76. The summed E-state index contributed by atoms with van der Waals surface area (Å²) >= 11 is 0. The molecular formula is C44H46F2O4. The molecule has 6 heteroatoms. The summed E-state index contributed by atoms with van der Waals surface area (Å²) in [6, 6.07) is 30.4. The Kier molecular flexibility index (Phi) is 11.4. The Bertz CT molecular complexity index is 1750. The Morgan fingerprint density at radius 1 is 0.460 bits per heavy atom. The molecule has 4 nitrogen and oxygen atoms in total. The Labute approximate surface area is 294 Å². The highest BCUT2D eigenvalue weighted by atomic mass is 19.1. The Hall–Kier alpha value is -4.58. The summed E-state index contributed by atoms with van der Waals surface area (Å²) in [7, 11) is 0. The first-order chi connectivity index (χ1) is 23.8. The van der Waals surface area contributed by atoms with Gasteiger partial charge < -0.3 is 0 Å². The number of Topliss-reactive ketones (excluding diaryl/α,β-unsaturated/α-hetero) is 4. The molecule has 4 atom stereocenters. The number of hydrogen-bond donors (Lipinski definition) is 0. The third-order valence-corrected chi connectivity index (χ3v) is 10.4. The number of aryl methyl sites for hydroxylation is 4. The molecule has 50 heavy (non-hydrogen) atoms. The molecule has 260 valence electrons. The van der Waals surface area contributed by atoms with E-state index in [1.807, 2.05) is 74.5 Å². The van der Waals surface area contributed by atoms with Gasteiger partial charge in [-0.3, -0.25) is 19.2 Å². The molecule has 0 heterocycles. The highest BCUT2D eigenvalue weighted by Crippen LogP contribution is 2.32. The van der Waals surface area contributed by atoms with E-state index in [0.29, 0.717) is 48.4 Å². The Balaban J connectivity index is 0.000000130. The minimum atomic E-state index is -1.66. The quantitative estimate of drug-likeness (QED) is 0.186. The summed E-state index contributed by atoms with van der Waals surface area (Å²) in [4.78, 5) is 46.4. The standard InChI is InChI=1S/2C11H11FO.2C11H12O/c2*1-11(12)7-6-8-4-2-3-5-9(8)10(11)13;2*1-8-6-7-9-4-2-3-5-10(9)11(8)12/h2*2-5H,6-7H2,1H3;2*2-5,8H,6-7H2,1H3. The summed E-state index contributed by atoms with van der Waals surface area (Å²) in [5.74, 6) is 0.345. The number of fused-ring (bicyclic) bond motifs is 4. The third-order valence-electron chi connectivity index (χ3n) is 10.4. The van der Waals surface area contributed by atoms with E-state index in [9.17, 15) is 28.0 Å². The number of hydrogen-bond acceptors (Lipinski definition) is 4. The number of benzene rings is 4. The van der Waals surface area contributed by atoms with Crippen LogP contribution in [-0.2, 0) is 25.7 Å². The third kappa shape index (κ3) is 8.23. The normalized spacial score (nSPS) is 24.7. The lowest BCUT2D eigenvalue weighted by Gasteiger charge is -2.25. The number of alkyl halides is 2. The van der Waals surface area contributed by atoms with Gasteiger partial charge in [0.05, 0.1) is 0 Å². The van der Waals surface area contributed by atoms with Crippen LogP contribution in [0.3, 0.4) is 0 Å². The van der Waals surface area contributed by atoms with Crippen molar-refractivity contribution in [3.05, 3.63) is 142 Å². The predicted octanol–water partition coefficient (Wildman–Crippen LogP) is 9.99. The zero-order chi connectivity index (χ0) is 36.1. The van der Waals surface area contributed by atoms with Crippen LogP contribution in [-0.4, -0.2) is 34.5 Å². The molecule has 4 aliphatic carbocycles. The summed E-state index contributed by atoms with van der Waals surface area (Å²) in [6.07, 6.45) is 6.08. The first-order valence-electron chi connectivity index (χ1n) is 17.7. The van der Waals surface area contributed by atoms with Gasteiger partial charge in [-0.1, -0.05) is 111 Å². The van der Waals surface area contributed by atoms with Crippen molar-refractivity contribution >= 4 is 23.1 Å². The largest absolute Gasteiger partial charge is 0.294 e. The van der Waals surface area contributed by atoms with Gasteiger partial charge in [-0.15, -0.1) is 0 Å². The van der Waals surface area contributed by atoms with Gasteiger partial charge in [-0.05, 0) is 87.5 Å². The van der Waals surface area contributed by atoms with Gasteiger partial charge >= 0.3 is 0 Å². The monoisotopic (exact) mass is 676 g/mol. The molecule has 0 amide bonds. The van der Waals surface area contributed by atoms with Crippen LogP contribution in [0.5, 0.6) is 0 Å². The lowest BCUT2D eigenvalue weighted by Crippen LogP contribution is -2.35. The molecule has 4 aromatic carbocycles. The molecule has 4 aliphatic rings. The predicted molar refractivity (Wildman–Crippen MR) is 194 cm³/mol. The molecule has 0 fully saturated rings. The van der Waals surface area contributed by atoms with Crippen molar-refractivity contribution in [3.8, 4) is 0 Å². The van der Waals surface area contributed by atoms with Crippen LogP contribution in [0.1, 0.15) is 117 Å². The first kappa shape index (κ1) is 36.7. The van der Waals surface area contributed by atoms with Gasteiger partial charge in [0.2, 0.25) is 0 Å². The number of carbonyl (C=O) groups excluding carboxylic acids is 4. The van der Waals surface area contributed by atoms with Crippen molar-refractivity contribution in [2.75, 3.05) is 0 Å². The van der Waals surface area contributed by atoms with E-state index in [-0.39, 0.29) is 23.4 Å². The van der Waals surface area contributed by atoms with E-state index in [1.54, 1.807) is 24.3 Å². The highest BCUT2D eigenvalue weighted by Gasteiger charge is 2.39. The highest BCUT2D eigenvalue weighted by molar-refractivity contribution is 6.05. The fourth-order valence-corrected chi connectivity index (χ4v) is 6.94. The molecule has 0 saturated heterocycles. The van der Waals surface area contributed by atoms with Gasteiger partial charge in [0.1, 0.15) is 0 Å². The van der Waals surface area contributed by atoms with Gasteiger partial charge in [-0.2, -0.15) is 0 Å². The molecule has 0 spiro atoms. The maximum atomic E-state index is 13.6. The lowest BCUT2D eigenvalue weighted by atomic mass is 9.82. The molecule has 0 bridgehead atoms. The second-order valence-corrected chi connectivity index (χ2v) is 14.3. The fraction of sp³-hybridized carbons (Fsp3) is 0.364. The lowest BCUT2D eigenvalue weighted by molar-refractivity contribution is 0.0681. The first-order valence-corrected chi connectivity index (χ1v) is 17.7. The van der Waals surface area contributed by atoms with Crippen molar-refractivity contribution in [2.24, 2.45) is 11.8 Å². The zero-order valence-corrected chi connectivity index (χ0v) is 29.4. The van der Waals surface area contributed by atoms with E-state index in [1.165, 1.54) is 25.0 Å². The molecule has 4 aromatic rings. The fourth-order valence-electron chi connectivity index (χ4n) is 6.94. The van der Waals surface area contributed by atoms with Crippen molar-refractivity contribution in [2.45, 2.75) is 90.4 Å². The van der Waals surface area contributed by atoms with E-state index < -0.39 is 11.3 Å². The van der Waals surface area contributed by atoms with Crippen LogP contribution in [0, 0.1) is 11.8 Å². The van der Waals surface area contributed by atoms with E-state index in [0.717, 1.165) is 47.9 Å². The maximum Gasteiger partial charge on any atom is 0.199 e. The van der Waals surface area contributed by atoms with Crippen LogP contribution in [0.4, 0.5) is 8.78 Å². The SMILES string of the molecule is CC1(F)CCc2ccccc2C1=O.CC1(F)CCc2ccccc2C1=O.CC1CCc2ccccc2C1=O.CC1CCc2ccccc2C1=O. The van der Waals surface area contributed by atoms with Gasteiger partial charge in [-0.25, -0.2) is 8.78 Å². The van der Waals surface area contributed by atoms with Crippen molar-refractivity contribution in [3.63, 3.8) is 0 Å². The van der Waals surface area contributed by atoms with Crippen LogP contribution in [0.25, 0.3) is 0 Å². The average molecular weight is 677 g/mol. The Morgan fingerprint density at radius 3 is 1.08 bits per heavy atom. The molecule has 0 N–H and O–H groups in total. The van der Waals surface area contributed by atoms with Crippen LogP contribution in [0.15, 0.2) is 97.1 Å². The number of carbonyl (C=O) groups is 4. The van der Waals surface area contributed by atoms with Crippen molar-refractivity contribution < 1.29 is 28.0 Å². The smallest absolute Gasteiger partial charge is 0.199 e. The van der Waals surface area contributed by atoms with Gasteiger partial charge in [0.15, 0.2) is 34.5 Å². The molecule has 0 saturated carbocycles. The van der Waals surface area contributed by atoms with E-state index >= 15 is 0 Å². The van der Waals surface area contributed by atoms with Crippen LogP contribution >= 0.6 is 0 Å². The van der Waals surface area contributed by atoms with E-state index in [2.05, 4.69) is 12.1 Å². The number of halogens is 2. The van der Waals surface area contributed by atoms with Gasteiger partial charge in [0, 0.05) is 34.1 Å². The average Bonchev–Trinajstić information content (AvgIpc) is 3.13. The van der Waals surface area contributed by atoms with Crippen molar-refractivity contribution in [1.82, 2.24) is 0 Å². The number of rotatable bonds is 0. The number of ketones is 4. The minimum absolute atomic E-state index is 0.222. The van der Waals surface area contributed by atoms with Crippen LogP contribution in [0.2, 0.25) is 0 Å². The molecule has 8 rings (SSSR count). The maximum absolute atomic E-state index is 13.6. The second kappa shape index (κ2) is 15.5. The second-order valence-electron chi connectivity index (χ2n) is 14.3. The molecule has 0 radical (unpaired) electrons. The summed E-state index contributed by atoms with van der Waals surface area (Å²) in [5.41, 5.74) is 4.07. The molecule has 4 unspecified atom stereocenters.